The molecule has 2 amide bonds. The van der Waals surface area contributed by atoms with Gasteiger partial charge in [0.2, 0.25) is 0 Å². The van der Waals surface area contributed by atoms with Gasteiger partial charge >= 0.3 is 0 Å². The molecule has 4 aromatic rings. The number of carbonyl (C=O) groups excluding carboxylic acids is 2. The van der Waals surface area contributed by atoms with E-state index in [0.717, 1.165) is 21.9 Å². The number of nitrogens with one attached hydrogen (secondary N) is 2. The van der Waals surface area contributed by atoms with Crippen molar-refractivity contribution in [3.63, 3.8) is 0 Å². The SMILES string of the molecule is CCC(Oc1cccc(C)c1)C(=O)Nc1cccc2c(NC(=O)C(CC)Oc3cccc(C)c3)cccc12. The molecule has 0 saturated heterocycles. The number of amides is 2. The lowest BCUT2D eigenvalue weighted by Crippen LogP contribution is -2.32. The molecule has 2 unspecified atom stereocenters. The summed E-state index contributed by atoms with van der Waals surface area (Å²) in [4.78, 5) is 26.3. The van der Waals surface area contributed by atoms with Gasteiger partial charge in [0.15, 0.2) is 12.2 Å². The molecule has 0 aliphatic rings. The highest BCUT2D eigenvalue weighted by Gasteiger charge is 2.21. The highest BCUT2D eigenvalue weighted by molar-refractivity contribution is 6.10. The van der Waals surface area contributed by atoms with Gasteiger partial charge < -0.3 is 20.1 Å². The number of benzene rings is 4. The van der Waals surface area contributed by atoms with Gasteiger partial charge in [-0.05, 0) is 74.2 Å². The largest absolute Gasteiger partial charge is 0.481 e. The topological polar surface area (TPSA) is 76.7 Å². The van der Waals surface area contributed by atoms with E-state index in [1.165, 1.54) is 0 Å². The third-order valence-electron chi connectivity index (χ3n) is 6.30. The number of anilines is 2. The standard InChI is InChI=1S/C32H34N2O4/c1-5-29(37-23-13-7-11-21(3)19-23)31(35)33-27-17-9-16-26-25(27)15-10-18-28(26)34-32(36)30(6-2)38-24-14-8-12-22(4)20-24/h7-20,29-30H,5-6H2,1-4H3,(H,33,35)(H,34,36). The zero-order valence-electron chi connectivity index (χ0n) is 22.3. The Kier molecular flexibility index (Phi) is 8.64. The Morgan fingerprint density at radius 1 is 0.632 bits per heavy atom. The predicted octanol–water partition coefficient (Wildman–Crippen LogP) is 7.05. The minimum absolute atomic E-state index is 0.228. The van der Waals surface area contributed by atoms with Crippen LogP contribution in [0.25, 0.3) is 10.8 Å². The van der Waals surface area contributed by atoms with Crippen LogP contribution in [0.4, 0.5) is 11.4 Å². The number of hydrogen-bond acceptors (Lipinski definition) is 4. The minimum Gasteiger partial charge on any atom is -0.481 e. The molecular weight excluding hydrogens is 476 g/mol. The van der Waals surface area contributed by atoms with E-state index in [2.05, 4.69) is 10.6 Å². The van der Waals surface area contributed by atoms with E-state index < -0.39 is 12.2 Å². The molecule has 0 radical (unpaired) electrons. The Bertz CT molecular complexity index is 1320. The fourth-order valence-corrected chi connectivity index (χ4v) is 4.30. The predicted molar refractivity (Wildman–Crippen MR) is 153 cm³/mol. The fourth-order valence-electron chi connectivity index (χ4n) is 4.30. The van der Waals surface area contributed by atoms with E-state index in [0.29, 0.717) is 35.7 Å². The second kappa shape index (κ2) is 12.3. The van der Waals surface area contributed by atoms with Crippen LogP contribution in [-0.4, -0.2) is 24.0 Å². The summed E-state index contributed by atoms with van der Waals surface area (Å²) in [5.41, 5.74) is 3.43. The summed E-state index contributed by atoms with van der Waals surface area (Å²) in [6, 6.07) is 26.6. The van der Waals surface area contributed by atoms with E-state index in [1.54, 1.807) is 0 Å². The maximum absolute atomic E-state index is 13.1. The van der Waals surface area contributed by atoms with E-state index in [1.807, 2.05) is 113 Å². The van der Waals surface area contributed by atoms with Crippen molar-refractivity contribution in [2.24, 2.45) is 0 Å². The maximum Gasteiger partial charge on any atom is 0.265 e. The molecule has 0 saturated carbocycles. The Balaban J connectivity index is 1.51. The van der Waals surface area contributed by atoms with Crippen molar-refractivity contribution in [3.8, 4) is 11.5 Å². The molecule has 0 spiro atoms. The Morgan fingerprint density at radius 3 is 1.39 bits per heavy atom. The maximum atomic E-state index is 13.1. The molecule has 2 atom stereocenters. The van der Waals surface area contributed by atoms with Crippen molar-refractivity contribution in [3.05, 3.63) is 96.1 Å². The van der Waals surface area contributed by atoms with Crippen molar-refractivity contribution in [2.45, 2.75) is 52.7 Å². The van der Waals surface area contributed by atoms with Crippen molar-refractivity contribution in [1.29, 1.82) is 0 Å². The van der Waals surface area contributed by atoms with Crippen LogP contribution in [0.15, 0.2) is 84.9 Å². The normalized spacial score (nSPS) is 12.4. The van der Waals surface area contributed by atoms with Gasteiger partial charge in [-0.2, -0.15) is 0 Å². The molecule has 38 heavy (non-hydrogen) atoms. The molecule has 0 bridgehead atoms. The Morgan fingerprint density at radius 2 is 1.03 bits per heavy atom. The third kappa shape index (κ3) is 6.51. The summed E-state index contributed by atoms with van der Waals surface area (Å²) in [5.74, 6) is 0.864. The molecule has 6 heteroatoms. The summed E-state index contributed by atoms with van der Waals surface area (Å²) < 4.78 is 12.0. The highest BCUT2D eigenvalue weighted by atomic mass is 16.5. The molecule has 0 aliphatic heterocycles. The van der Waals surface area contributed by atoms with Crippen molar-refractivity contribution in [2.75, 3.05) is 10.6 Å². The van der Waals surface area contributed by atoms with Crippen LogP contribution in [0.3, 0.4) is 0 Å². The molecule has 4 aromatic carbocycles. The number of carbonyl (C=O) groups is 2. The lowest BCUT2D eigenvalue weighted by molar-refractivity contribution is -0.123. The summed E-state index contributed by atoms with van der Waals surface area (Å²) >= 11 is 0. The molecule has 4 rings (SSSR count). The zero-order chi connectivity index (χ0) is 27.1. The monoisotopic (exact) mass is 510 g/mol. The van der Waals surface area contributed by atoms with Gasteiger partial charge in [-0.15, -0.1) is 0 Å². The van der Waals surface area contributed by atoms with Crippen LogP contribution < -0.4 is 20.1 Å². The van der Waals surface area contributed by atoms with E-state index in [-0.39, 0.29) is 11.8 Å². The van der Waals surface area contributed by atoms with E-state index in [4.69, 9.17) is 9.47 Å². The minimum atomic E-state index is -0.640. The van der Waals surface area contributed by atoms with Crippen molar-refractivity contribution < 1.29 is 19.1 Å². The second-order valence-electron chi connectivity index (χ2n) is 9.35. The first-order valence-corrected chi connectivity index (χ1v) is 13.0. The summed E-state index contributed by atoms with van der Waals surface area (Å²) in [5, 5.41) is 7.68. The molecule has 0 aliphatic carbocycles. The molecule has 0 aromatic heterocycles. The van der Waals surface area contributed by atoms with Gasteiger partial charge in [0.1, 0.15) is 11.5 Å². The third-order valence-corrected chi connectivity index (χ3v) is 6.30. The molecule has 2 N–H and O–H groups in total. The summed E-state index contributed by atoms with van der Waals surface area (Å²) in [6.45, 7) is 7.80. The molecule has 0 heterocycles. The van der Waals surface area contributed by atoms with Gasteiger partial charge in [0.05, 0.1) is 0 Å². The van der Waals surface area contributed by atoms with Crippen LogP contribution in [0.5, 0.6) is 11.5 Å². The number of rotatable bonds is 10. The average Bonchev–Trinajstić information content (AvgIpc) is 2.91. The van der Waals surface area contributed by atoms with Gasteiger partial charge in [-0.1, -0.05) is 62.4 Å². The quantitative estimate of drug-likeness (QED) is 0.240. The average molecular weight is 511 g/mol. The summed E-state index contributed by atoms with van der Waals surface area (Å²) in [7, 11) is 0. The highest BCUT2D eigenvalue weighted by Crippen LogP contribution is 2.30. The second-order valence-corrected chi connectivity index (χ2v) is 9.35. The van der Waals surface area contributed by atoms with E-state index in [9.17, 15) is 9.59 Å². The number of hydrogen-bond donors (Lipinski definition) is 2. The van der Waals surface area contributed by atoms with Crippen LogP contribution >= 0.6 is 0 Å². The molecule has 196 valence electrons. The van der Waals surface area contributed by atoms with Gasteiger partial charge in [-0.25, -0.2) is 0 Å². The van der Waals surface area contributed by atoms with Gasteiger partial charge in [0.25, 0.3) is 11.8 Å². The molecule has 6 nitrogen and oxygen atoms in total. The fraction of sp³-hybridized carbons (Fsp3) is 0.250. The van der Waals surface area contributed by atoms with Crippen LogP contribution in [0, 0.1) is 13.8 Å². The zero-order valence-corrected chi connectivity index (χ0v) is 22.3. The van der Waals surface area contributed by atoms with Gasteiger partial charge in [0, 0.05) is 22.1 Å². The Hall–Kier alpha value is -4.32. The van der Waals surface area contributed by atoms with Crippen LogP contribution in [0.1, 0.15) is 37.8 Å². The smallest absolute Gasteiger partial charge is 0.265 e. The van der Waals surface area contributed by atoms with Gasteiger partial charge in [-0.3, -0.25) is 9.59 Å². The first-order chi connectivity index (χ1) is 18.4. The number of aryl methyl sites for hydroxylation is 2. The molecular formula is C32H34N2O4. The van der Waals surface area contributed by atoms with Crippen LogP contribution in [0.2, 0.25) is 0 Å². The van der Waals surface area contributed by atoms with E-state index >= 15 is 0 Å². The number of ether oxygens (including phenoxy) is 2. The lowest BCUT2D eigenvalue weighted by Gasteiger charge is -2.20. The first kappa shape index (κ1) is 26.7. The lowest BCUT2D eigenvalue weighted by atomic mass is 10.1. The number of fused-ring (bicyclic) bond motifs is 1. The van der Waals surface area contributed by atoms with Crippen molar-refractivity contribution >= 4 is 34.0 Å². The van der Waals surface area contributed by atoms with Crippen LogP contribution in [-0.2, 0) is 9.59 Å². The Labute approximate surface area is 224 Å². The van der Waals surface area contributed by atoms with Crippen molar-refractivity contribution in [1.82, 2.24) is 0 Å². The molecule has 0 fully saturated rings. The first-order valence-electron chi connectivity index (χ1n) is 13.0. The summed E-state index contributed by atoms with van der Waals surface area (Å²) in [6.07, 6.45) is -0.241.